The number of carbonyl (C=O) groups excluding carboxylic acids is 1. The number of hydrogen-bond acceptors (Lipinski definition) is 4. The van der Waals surface area contributed by atoms with Crippen molar-refractivity contribution in [3.63, 3.8) is 0 Å². The molecule has 0 aliphatic carbocycles. The van der Waals surface area contributed by atoms with Crippen LogP contribution in [0.25, 0.3) is 5.69 Å². The Labute approximate surface area is 148 Å². The zero-order valence-electron chi connectivity index (χ0n) is 13.9. The number of aromatic amines is 1. The SMILES string of the molecule is Cc1ccc(NC(=O)CSc2c(=O)o[nH][n+]2-c2ccccc2)cc1C. The van der Waals surface area contributed by atoms with Crippen LogP contribution in [0, 0.1) is 13.8 Å². The van der Waals surface area contributed by atoms with E-state index in [9.17, 15) is 9.59 Å². The number of nitrogens with zero attached hydrogens (tertiary/aromatic N) is 1. The number of aryl methyl sites for hydroxylation is 2. The van der Waals surface area contributed by atoms with E-state index in [-0.39, 0.29) is 11.7 Å². The van der Waals surface area contributed by atoms with E-state index in [1.165, 1.54) is 10.2 Å². The zero-order valence-corrected chi connectivity index (χ0v) is 14.7. The lowest BCUT2D eigenvalue weighted by atomic mass is 10.1. The third kappa shape index (κ3) is 4.00. The lowest BCUT2D eigenvalue weighted by Crippen LogP contribution is -2.36. The fourth-order valence-electron chi connectivity index (χ4n) is 2.28. The van der Waals surface area contributed by atoms with Gasteiger partial charge in [-0.05, 0) is 58.8 Å². The molecule has 0 saturated heterocycles. The molecule has 0 saturated carbocycles. The molecule has 2 aromatic carbocycles. The van der Waals surface area contributed by atoms with Crippen molar-refractivity contribution in [3.8, 4) is 5.69 Å². The molecule has 0 radical (unpaired) electrons. The van der Waals surface area contributed by atoms with Crippen LogP contribution >= 0.6 is 11.8 Å². The molecule has 0 fully saturated rings. The standard InChI is InChI=1S/C18H17N3O3S/c1-12-8-9-14(10-13(12)2)19-16(22)11-25-17-18(23)24-20-21(17)15-6-4-3-5-7-15/h3-10H,11H2,1-2H3,(H-,19,20,22,23)/p+1. The van der Waals surface area contributed by atoms with Gasteiger partial charge < -0.3 is 5.32 Å². The Morgan fingerprint density at radius 3 is 2.64 bits per heavy atom. The van der Waals surface area contributed by atoms with Crippen LogP contribution in [-0.2, 0) is 4.79 Å². The molecular formula is C18H18N3O3S+. The van der Waals surface area contributed by atoms with Gasteiger partial charge in [0.2, 0.25) is 11.6 Å². The van der Waals surface area contributed by atoms with Crippen LogP contribution in [0.4, 0.5) is 5.69 Å². The first kappa shape index (κ1) is 17.0. The van der Waals surface area contributed by atoms with Crippen molar-refractivity contribution >= 4 is 23.4 Å². The van der Waals surface area contributed by atoms with E-state index in [0.29, 0.717) is 5.03 Å². The molecule has 0 aliphatic rings. The molecular weight excluding hydrogens is 338 g/mol. The van der Waals surface area contributed by atoms with Gasteiger partial charge in [0, 0.05) is 17.8 Å². The number of benzene rings is 2. The maximum absolute atomic E-state index is 12.2. The second-order valence-corrected chi connectivity index (χ2v) is 6.56. The van der Waals surface area contributed by atoms with Crippen molar-refractivity contribution in [2.45, 2.75) is 18.9 Å². The second kappa shape index (κ2) is 7.40. The van der Waals surface area contributed by atoms with Gasteiger partial charge in [-0.2, -0.15) is 0 Å². The molecule has 3 aromatic rings. The smallest absolute Gasteiger partial charge is 0.325 e. The third-order valence-electron chi connectivity index (χ3n) is 3.75. The summed E-state index contributed by atoms with van der Waals surface area (Å²) in [6.07, 6.45) is 0. The maximum atomic E-state index is 12.2. The van der Waals surface area contributed by atoms with Crippen LogP contribution in [0.15, 0.2) is 62.9 Å². The second-order valence-electron chi connectivity index (χ2n) is 5.59. The first-order valence-corrected chi connectivity index (χ1v) is 8.72. The van der Waals surface area contributed by atoms with E-state index < -0.39 is 5.63 Å². The highest BCUT2D eigenvalue weighted by Gasteiger charge is 2.24. The summed E-state index contributed by atoms with van der Waals surface area (Å²) in [6, 6.07) is 15.0. The van der Waals surface area contributed by atoms with E-state index in [1.807, 2.05) is 62.4 Å². The van der Waals surface area contributed by atoms with Gasteiger partial charge in [-0.15, -0.1) is 0 Å². The van der Waals surface area contributed by atoms with Gasteiger partial charge in [0.15, 0.2) is 0 Å². The van der Waals surface area contributed by atoms with Crippen LogP contribution in [0.3, 0.4) is 0 Å². The predicted molar refractivity (Wildman–Crippen MR) is 96.1 cm³/mol. The van der Waals surface area contributed by atoms with Crippen molar-refractivity contribution in [2.24, 2.45) is 0 Å². The third-order valence-corrected chi connectivity index (χ3v) is 4.78. The molecule has 0 bridgehead atoms. The summed E-state index contributed by atoms with van der Waals surface area (Å²) < 4.78 is 6.38. The number of thioether (sulfide) groups is 1. The highest BCUT2D eigenvalue weighted by molar-refractivity contribution is 7.99. The largest absolute Gasteiger partial charge is 0.442 e. The lowest BCUT2D eigenvalue weighted by Gasteiger charge is -2.06. The summed E-state index contributed by atoms with van der Waals surface area (Å²) >= 11 is 1.12. The average Bonchev–Trinajstić information content (AvgIpc) is 2.98. The minimum absolute atomic E-state index is 0.0996. The first-order valence-electron chi connectivity index (χ1n) is 7.73. The van der Waals surface area contributed by atoms with Crippen molar-refractivity contribution in [1.29, 1.82) is 0 Å². The number of para-hydroxylation sites is 1. The van der Waals surface area contributed by atoms with Gasteiger partial charge in [-0.1, -0.05) is 24.3 Å². The molecule has 128 valence electrons. The van der Waals surface area contributed by atoms with Crippen LogP contribution in [0.2, 0.25) is 0 Å². The Balaban J connectivity index is 1.69. The molecule has 7 heteroatoms. The van der Waals surface area contributed by atoms with E-state index >= 15 is 0 Å². The van der Waals surface area contributed by atoms with Crippen molar-refractivity contribution < 1.29 is 14.0 Å². The Morgan fingerprint density at radius 2 is 1.92 bits per heavy atom. The maximum Gasteiger partial charge on any atom is 0.442 e. The molecule has 6 nitrogen and oxygen atoms in total. The summed E-state index contributed by atoms with van der Waals surface area (Å²) in [5, 5.41) is 5.71. The van der Waals surface area contributed by atoms with Crippen LogP contribution < -0.4 is 15.6 Å². The van der Waals surface area contributed by atoms with Gasteiger partial charge in [-0.25, -0.2) is 4.79 Å². The molecule has 0 atom stereocenters. The monoisotopic (exact) mass is 356 g/mol. The molecule has 0 spiro atoms. The Bertz CT molecular complexity index is 948. The lowest BCUT2D eigenvalue weighted by molar-refractivity contribution is -0.704. The van der Waals surface area contributed by atoms with E-state index in [0.717, 1.165) is 28.7 Å². The van der Waals surface area contributed by atoms with Crippen molar-refractivity contribution in [2.75, 3.05) is 11.1 Å². The van der Waals surface area contributed by atoms with Gasteiger partial charge in [0.1, 0.15) is 0 Å². The number of rotatable bonds is 5. The van der Waals surface area contributed by atoms with Crippen molar-refractivity contribution in [3.05, 3.63) is 70.1 Å². The summed E-state index contributed by atoms with van der Waals surface area (Å²) in [6.45, 7) is 4.01. The molecule has 25 heavy (non-hydrogen) atoms. The van der Waals surface area contributed by atoms with Crippen LogP contribution in [0.1, 0.15) is 11.1 Å². The van der Waals surface area contributed by atoms with Crippen LogP contribution in [-0.4, -0.2) is 16.9 Å². The molecule has 0 aliphatic heterocycles. The Kier molecular flexibility index (Phi) is 5.04. The number of nitrogens with one attached hydrogen (secondary N) is 2. The highest BCUT2D eigenvalue weighted by atomic mass is 32.2. The van der Waals surface area contributed by atoms with Gasteiger partial charge >= 0.3 is 10.7 Å². The van der Waals surface area contributed by atoms with Gasteiger partial charge in [-0.3, -0.25) is 9.32 Å². The normalized spacial score (nSPS) is 10.6. The van der Waals surface area contributed by atoms with E-state index in [4.69, 9.17) is 4.52 Å². The summed E-state index contributed by atoms with van der Waals surface area (Å²) in [4.78, 5) is 24.1. The van der Waals surface area contributed by atoms with Crippen LogP contribution in [0.5, 0.6) is 0 Å². The quantitative estimate of drug-likeness (QED) is 0.544. The number of carbonyl (C=O) groups is 1. The molecule has 2 N–H and O–H groups in total. The fraction of sp³-hybridized carbons (Fsp3) is 0.167. The number of amides is 1. The molecule has 3 rings (SSSR count). The van der Waals surface area contributed by atoms with E-state index in [2.05, 4.69) is 10.6 Å². The number of anilines is 1. The molecule has 1 heterocycles. The van der Waals surface area contributed by atoms with Gasteiger partial charge in [0.25, 0.3) is 0 Å². The number of H-pyrrole nitrogens is 1. The minimum Gasteiger partial charge on any atom is -0.325 e. The Morgan fingerprint density at radius 1 is 1.16 bits per heavy atom. The number of aromatic nitrogens is 2. The average molecular weight is 356 g/mol. The van der Waals surface area contributed by atoms with E-state index in [1.54, 1.807) is 0 Å². The highest BCUT2D eigenvalue weighted by Crippen LogP contribution is 2.16. The first-order chi connectivity index (χ1) is 12.0. The number of hydrogen-bond donors (Lipinski definition) is 2. The summed E-state index contributed by atoms with van der Waals surface area (Å²) in [7, 11) is 0. The predicted octanol–water partition coefficient (Wildman–Crippen LogP) is 2.59. The topological polar surface area (TPSA) is 79.0 Å². The summed E-state index contributed by atoms with van der Waals surface area (Å²) in [5.41, 5.74) is 3.27. The molecule has 1 aromatic heterocycles. The molecule has 1 amide bonds. The fourth-order valence-corrected chi connectivity index (χ4v) is 3.06. The zero-order chi connectivity index (χ0) is 17.8. The summed E-state index contributed by atoms with van der Waals surface area (Å²) in [5.74, 6) is -0.0870. The van der Waals surface area contributed by atoms with Gasteiger partial charge in [0.05, 0.1) is 5.75 Å². The Hall–Kier alpha value is -2.80. The minimum atomic E-state index is -0.507. The van der Waals surface area contributed by atoms with Crippen molar-refractivity contribution in [1.82, 2.24) is 5.27 Å². The molecule has 0 unspecified atom stereocenters.